The lowest BCUT2D eigenvalue weighted by atomic mass is 9.88. The molecule has 0 aromatic carbocycles. The van der Waals surface area contributed by atoms with Crippen molar-refractivity contribution in [1.82, 2.24) is 30.3 Å². The van der Waals surface area contributed by atoms with Crippen molar-refractivity contribution in [3.8, 4) is 17.1 Å². The summed E-state index contributed by atoms with van der Waals surface area (Å²) in [5.74, 6) is -1.11. The number of alkyl halides is 3. The zero-order chi connectivity index (χ0) is 27.9. The fraction of sp³-hybridized carbons (Fsp3) is 0.615. The third-order valence-electron chi connectivity index (χ3n) is 8.28. The van der Waals surface area contributed by atoms with Crippen LogP contribution in [0.4, 0.5) is 17.6 Å². The number of carbonyl (C=O) groups is 2. The monoisotopic (exact) mass is 552 g/mol. The predicted octanol–water partition coefficient (Wildman–Crippen LogP) is 3.53. The molecule has 3 aliphatic heterocycles. The molecule has 0 radical (unpaired) electrons. The highest BCUT2D eigenvalue weighted by Crippen LogP contribution is 2.40. The maximum atomic E-state index is 14.3. The summed E-state index contributed by atoms with van der Waals surface area (Å²) >= 11 is 0. The number of halogens is 4. The van der Waals surface area contributed by atoms with Gasteiger partial charge in [0.2, 0.25) is 11.8 Å². The molecular formula is C26H32F4N6O3. The lowest BCUT2D eigenvalue weighted by Gasteiger charge is -2.41. The lowest BCUT2D eigenvalue weighted by molar-refractivity contribution is -0.192. The van der Waals surface area contributed by atoms with Crippen LogP contribution in [0.3, 0.4) is 0 Å². The number of methoxy groups -OCH3 is 1. The van der Waals surface area contributed by atoms with Crippen molar-refractivity contribution in [3.63, 3.8) is 0 Å². The van der Waals surface area contributed by atoms with E-state index in [2.05, 4.69) is 20.5 Å². The molecule has 0 aliphatic carbocycles. The number of rotatable bonds is 6. The molecule has 2 aromatic rings. The van der Waals surface area contributed by atoms with Crippen LogP contribution in [0.15, 0.2) is 18.3 Å². The Kier molecular flexibility index (Phi) is 7.53. The van der Waals surface area contributed by atoms with Crippen LogP contribution < -0.4 is 10.1 Å². The number of likely N-dealkylation sites (N-methyl/N-ethyl adjacent to an activating group) is 1. The van der Waals surface area contributed by atoms with Crippen LogP contribution in [0.1, 0.15) is 55.9 Å². The van der Waals surface area contributed by atoms with Gasteiger partial charge in [0, 0.05) is 42.2 Å². The first-order valence-electron chi connectivity index (χ1n) is 13.3. The predicted molar refractivity (Wildman–Crippen MR) is 132 cm³/mol. The molecule has 0 unspecified atom stereocenters. The molecule has 9 nitrogen and oxygen atoms in total. The number of pyridine rings is 1. The number of H-pyrrole nitrogens is 1. The minimum absolute atomic E-state index is 0.0394. The smallest absolute Gasteiger partial charge is 0.404 e. The van der Waals surface area contributed by atoms with E-state index < -0.39 is 18.0 Å². The number of nitrogens with one attached hydrogen (secondary N) is 2. The van der Waals surface area contributed by atoms with Gasteiger partial charge in [-0.05, 0) is 51.1 Å². The van der Waals surface area contributed by atoms with Gasteiger partial charge >= 0.3 is 6.18 Å². The van der Waals surface area contributed by atoms with Gasteiger partial charge in [0.25, 0.3) is 5.91 Å². The van der Waals surface area contributed by atoms with Crippen molar-refractivity contribution >= 4 is 11.8 Å². The zero-order valence-corrected chi connectivity index (χ0v) is 21.8. The van der Waals surface area contributed by atoms with Gasteiger partial charge in [0.1, 0.15) is 6.04 Å². The standard InChI is InChI=1S/C26H32F4N6O3/c1-3-35-13-15(4-7-22(35)26(28,29)30)32-24(37)14-8-16-5-6-17(9-14)36(16)25(38)21-11-20(33-34-21)18-10-23(39-2)31-12-19(18)27/h10-12,14-17,22H,3-9,13H2,1-2H3,(H,32,37)(H,33,34)/t14-,15-,16-,17+,22+/m1/s1. The summed E-state index contributed by atoms with van der Waals surface area (Å²) in [5, 5.41) is 9.83. The number of likely N-dealkylation sites (tertiary alicyclic amines) is 1. The summed E-state index contributed by atoms with van der Waals surface area (Å²) in [4.78, 5) is 33.5. The topological polar surface area (TPSA) is 103 Å². The van der Waals surface area contributed by atoms with Crippen LogP contribution in [0.2, 0.25) is 0 Å². The van der Waals surface area contributed by atoms with E-state index in [0.29, 0.717) is 18.5 Å². The summed E-state index contributed by atoms with van der Waals surface area (Å²) in [7, 11) is 1.42. The van der Waals surface area contributed by atoms with Gasteiger partial charge in [-0.1, -0.05) is 6.92 Å². The Morgan fingerprint density at radius 1 is 1.15 bits per heavy atom. The lowest BCUT2D eigenvalue weighted by Crippen LogP contribution is -2.57. The first kappa shape index (κ1) is 27.4. The van der Waals surface area contributed by atoms with E-state index >= 15 is 0 Å². The molecule has 3 aliphatic rings. The van der Waals surface area contributed by atoms with Crippen LogP contribution in [0.5, 0.6) is 5.88 Å². The van der Waals surface area contributed by atoms with Gasteiger partial charge in [-0.15, -0.1) is 0 Å². The van der Waals surface area contributed by atoms with Gasteiger partial charge in [-0.3, -0.25) is 19.6 Å². The fourth-order valence-corrected chi connectivity index (χ4v) is 6.36. The second kappa shape index (κ2) is 10.7. The molecule has 3 fully saturated rings. The van der Waals surface area contributed by atoms with Crippen molar-refractivity contribution in [1.29, 1.82) is 0 Å². The average molecular weight is 553 g/mol. The number of carbonyl (C=O) groups excluding carboxylic acids is 2. The second-order valence-corrected chi connectivity index (χ2v) is 10.6. The van der Waals surface area contributed by atoms with Gasteiger partial charge < -0.3 is 15.0 Å². The first-order chi connectivity index (χ1) is 18.6. The third kappa shape index (κ3) is 5.45. The summed E-state index contributed by atoms with van der Waals surface area (Å²) in [6.45, 7) is 2.12. The summed E-state index contributed by atoms with van der Waals surface area (Å²) in [5.41, 5.74) is 0.651. The molecule has 2 amide bonds. The van der Waals surface area contributed by atoms with E-state index in [0.717, 1.165) is 19.0 Å². The van der Waals surface area contributed by atoms with Gasteiger partial charge in [0.05, 0.1) is 19.0 Å². The molecule has 212 valence electrons. The number of fused-ring (bicyclic) bond motifs is 2. The number of piperidine rings is 2. The highest BCUT2D eigenvalue weighted by molar-refractivity contribution is 5.94. The van der Waals surface area contributed by atoms with E-state index in [1.807, 2.05) is 0 Å². The third-order valence-corrected chi connectivity index (χ3v) is 8.28. The molecule has 5 atom stereocenters. The SMILES string of the molecule is CCN1C[C@H](NC(=O)[C@@H]2C[C@H]3CC[C@@H](C2)N3C(=O)c2cc(-c3cc(OC)ncc3F)[nH]n2)CC[C@H]1C(F)(F)F. The molecule has 2 N–H and O–H groups in total. The number of amides is 2. The van der Waals surface area contributed by atoms with Crippen molar-refractivity contribution in [2.45, 2.75) is 75.8 Å². The maximum Gasteiger partial charge on any atom is 0.404 e. The number of ether oxygens (including phenoxy) is 1. The Morgan fingerprint density at radius 3 is 2.51 bits per heavy atom. The molecule has 2 aromatic heterocycles. The van der Waals surface area contributed by atoms with E-state index in [-0.39, 0.29) is 78.9 Å². The largest absolute Gasteiger partial charge is 0.481 e. The summed E-state index contributed by atoms with van der Waals surface area (Å²) in [6.07, 6.45) is -0.521. The quantitative estimate of drug-likeness (QED) is 0.532. The molecule has 2 bridgehead atoms. The van der Waals surface area contributed by atoms with Crippen molar-refractivity contribution in [2.24, 2.45) is 5.92 Å². The zero-order valence-electron chi connectivity index (χ0n) is 21.8. The molecule has 13 heteroatoms. The van der Waals surface area contributed by atoms with E-state index in [9.17, 15) is 27.2 Å². The van der Waals surface area contributed by atoms with E-state index in [4.69, 9.17) is 4.74 Å². The Hall–Kier alpha value is -3.22. The van der Waals surface area contributed by atoms with E-state index in [1.54, 1.807) is 11.8 Å². The highest BCUT2D eigenvalue weighted by Gasteiger charge is 2.48. The molecule has 3 saturated heterocycles. The first-order valence-corrected chi connectivity index (χ1v) is 13.3. The average Bonchev–Trinajstić information content (AvgIpc) is 3.50. The number of nitrogens with zero attached hydrogens (tertiary/aromatic N) is 4. The molecular weight excluding hydrogens is 520 g/mol. The highest BCUT2D eigenvalue weighted by atomic mass is 19.4. The van der Waals surface area contributed by atoms with Crippen LogP contribution in [-0.4, -0.2) is 87.3 Å². The van der Waals surface area contributed by atoms with Crippen LogP contribution in [-0.2, 0) is 4.79 Å². The van der Waals surface area contributed by atoms with E-state index in [1.165, 1.54) is 24.1 Å². The molecule has 5 heterocycles. The molecule has 0 spiro atoms. The second-order valence-electron chi connectivity index (χ2n) is 10.6. The van der Waals surface area contributed by atoms with Crippen molar-refractivity contribution in [3.05, 3.63) is 29.8 Å². The summed E-state index contributed by atoms with van der Waals surface area (Å²) < 4.78 is 59.4. The normalized spacial score (nSPS) is 27.4. The molecule has 39 heavy (non-hydrogen) atoms. The van der Waals surface area contributed by atoms with Gasteiger partial charge in [-0.2, -0.15) is 18.3 Å². The molecule has 5 rings (SSSR count). The van der Waals surface area contributed by atoms with Crippen LogP contribution in [0, 0.1) is 11.7 Å². The minimum atomic E-state index is -4.28. The number of hydrogen-bond donors (Lipinski definition) is 2. The van der Waals surface area contributed by atoms with Crippen LogP contribution >= 0.6 is 0 Å². The summed E-state index contributed by atoms with van der Waals surface area (Å²) in [6, 6.07) is 0.828. The number of hydrogen-bond acceptors (Lipinski definition) is 6. The maximum absolute atomic E-state index is 14.3. The van der Waals surface area contributed by atoms with Crippen LogP contribution in [0.25, 0.3) is 11.3 Å². The number of aromatic amines is 1. The van der Waals surface area contributed by atoms with Crippen molar-refractivity contribution in [2.75, 3.05) is 20.2 Å². The Bertz CT molecular complexity index is 1210. The molecule has 0 saturated carbocycles. The minimum Gasteiger partial charge on any atom is -0.481 e. The number of aromatic nitrogens is 3. The Balaban J connectivity index is 1.21. The van der Waals surface area contributed by atoms with Gasteiger partial charge in [0.15, 0.2) is 11.5 Å². The van der Waals surface area contributed by atoms with Crippen molar-refractivity contribution < 1.29 is 31.9 Å². The Morgan fingerprint density at radius 2 is 1.87 bits per heavy atom. The van der Waals surface area contributed by atoms with Gasteiger partial charge in [-0.25, -0.2) is 9.37 Å². The Labute approximate surface area is 223 Å². The fourth-order valence-electron chi connectivity index (χ4n) is 6.36.